The minimum absolute atomic E-state index is 0.0750. The van der Waals surface area contributed by atoms with Crippen LogP contribution in [0.2, 0.25) is 0 Å². The molecule has 3 heterocycles. The molecule has 1 aromatic carbocycles. The smallest absolute Gasteiger partial charge is 0.321 e. The predicted octanol–water partition coefficient (Wildman–Crippen LogP) is 3.69. The molecule has 3 N–H and O–H groups in total. The number of benzene rings is 1. The SMILES string of the molecule is CC(NC(=O)c1csc(Nc2ccccn2)n1)c1ccc(N2CCCNC2=O)cc1. The highest BCUT2D eigenvalue weighted by Crippen LogP contribution is 2.22. The quantitative estimate of drug-likeness (QED) is 0.563. The number of nitrogens with one attached hydrogen (secondary N) is 3. The Hall–Kier alpha value is -3.46. The van der Waals surface area contributed by atoms with Gasteiger partial charge in [-0.3, -0.25) is 9.69 Å². The van der Waals surface area contributed by atoms with E-state index in [9.17, 15) is 9.59 Å². The van der Waals surface area contributed by atoms with E-state index < -0.39 is 0 Å². The molecule has 1 atom stereocenters. The van der Waals surface area contributed by atoms with Crippen molar-refractivity contribution in [1.82, 2.24) is 20.6 Å². The number of amides is 3. The van der Waals surface area contributed by atoms with Gasteiger partial charge in [-0.1, -0.05) is 18.2 Å². The number of urea groups is 1. The van der Waals surface area contributed by atoms with Crippen molar-refractivity contribution in [1.29, 1.82) is 0 Å². The molecule has 0 aliphatic carbocycles. The summed E-state index contributed by atoms with van der Waals surface area (Å²) in [4.78, 5) is 34.8. The van der Waals surface area contributed by atoms with Gasteiger partial charge in [-0.05, 0) is 43.2 Å². The molecule has 1 aliphatic heterocycles. The van der Waals surface area contributed by atoms with Crippen molar-refractivity contribution >= 4 is 39.9 Å². The first-order valence-corrected chi connectivity index (χ1v) is 10.6. The zero-order valence-electron chi connectivity index (χ0n) is 16.5. The number of hydrogen-bond donors (Lipinski definition) is 3. The Morgan fingerprint density at radius 1 is 1.23 bits per heavy atom. The average molecular weight is 423 g/mol. The molecule has 3 aromatic rings. The Labute approximate surface area is 178 Å². The lowest BCUT2D eigenvalue weighted by molar-refractivity contribution is 0.0935. The summed E-state index contributed by atoms with van der Waals surface area (Å²) >= 11 is 1.35. The van der Waals surface area contributed by atoms with Crippen LogP contribution < -0.4 is 20.9 Å². The summed E-state index contributed by atoms with van der Waals surface area (Å²) in [6.45, 7) is 3.34. The van der Waals surface area contributed by atoms with Crippen molar-refractivity contribution in [3.8, 4) is 0 Å². The third kappa shape index (κ3) is 4.57. The zero-order valence-corrected chi connectivity index (χ0v) is 17.3. The minimum Gasteiger partial charge on any atom is -0.344 e. The van der Waals surface area contributed by atoms with E-state index in [0.29, 0.717) is 29.7 Å². The first kappa shape index (κ1) is 19.8. The maximum absolute atomic E-state index is 12.6. The topological polar surface area (TPSA) is 99.2 Å². The molecule has 154 valence electrons. The van der Waals surface area contributed by atoms with E-state index >= 15 is 0 Å². The Kier molecular flexibility index (Phi) is 5.89. The molecule has 0 bridgehead atoms. The van der Waals surface area contributed by atoms with Gasteiger partial charge >= 0.3 is 6.03 Å². The van der Waals surface area contributed by atoms with Crippen molar-refractivity contribution in [3.05, 3.63) is 65.3 Å². The third-order valence-corrected chi connectivity index (χ3v) is 5.53. The van der Waals surface area contributed by atoms with Gasteiger partial charge in [-0.15, -0.1) is 11.3 Å². The Balaban J connectivity index is 1.37. The molecule has 8 nitrogen and oxygen atoms in total. The fourth-order valence-corrected chi connectivity index (χ4v) is 3.85. The van der Waals surface area contributed by atoms with E-state index in [1.165, 1.54) is 11.3 Å². The predicted molar refractivity (Wildman–Crippen MR) is 117 cm³/mol. The third-order valence-electron chi connectivity index (χ3n) is 4.77. The molecule has 30 heavy (non-hydrogen) atoms. The van der Waals surface area contributed by atoms with Gasteiger partial charge in [0.05, 0.1) is 6.04 Å². The van der Waals surface area contributed by atoms with Crippen LogP contribution in [0.25, 0.3) is 0 Å². The van der Waals surface area contributed by atoms with Crippen LogP contribution >= 0.6 is 11.3 Å². The molecular weight excluding hydrogens is 400 g/mol. The number of carbonyl (C=O) groups excluding carboxylic acids is 2. The Bertz CT molecular complexity index is 1020. The van der Waals surface area contributed by atoms with Crippen LogP contribution in [0.3, 0.4) is 0 Å². The molecule has 0 radical (unpaired) electrons. The summed E-state index contributed by atoms with van der Waals surface area (Å²) in [6.07, 6.45) is 2.61. The van der Waals surface area contributed by atoms with Gasteiger partial charge in [0.2, 0.25) is 0 Å². The maximum Gasteiger partial charge on any atom is 0.321 e. The van der Waals surface area contributed by atoms with Gasteiger partial charge < -0.3 is 16.0 Å². The van der Waals surface area contributed by atoms with Crippen molar-refractivity contribution in [2.45, 2.75) is 19.4 Å². The van der Waals surface area contributed by atoms with Crippen molar-refractivity contribution in [3.63, 3.8) is 0 Å². The van der Waals surface area contributed by atoms with Crippen LogP contribution in [-0.4, -0.2) is 35.0 Å². The second-order valence-electron chi connectivity index (χ2n) is 6.90. The fraction of sp³-hybridized carbons (Fsp3) is 0.238. The lowest BCUT2D eigenvalue weighted by Crippen LogP contribution is -2.46. The van der Waals surface area contributed by atoms with E-state index in [1.807, 2.05) is 49.4 Å². The van der Waals surface area contributed by atoms with E-state index in [0.717, 1.165) is 17.7 Å². The lowest BCUT2D eigenvalue weighted by atomic mass is 10.1. The molecule has 2 aromatic heterocycles. The normalized spacial score (nSPS) is 14.7. The molecule has 0 spiro atoms. The van der Waals surface area contributed by atoms with Crippen LogP contribution in [0.5, 0.6) is 0 Å². The van der Waals surface area contributed by atoms with E-state index in [1.54, 1.807) is 16.5 Å². The number of thiazole rings is 1. The number of anilines is 3. The summed E-state index contributed by atoms with van der Waals surface area (Å²) < 4.78 is 0. The van der Waals surface area contributed by atoms with Gasteiger partial charge in [0, 0.05) is 30.4 Å². The molecule has 3 amide bonds. The largest absolute Gasteiger partial charge is 0.344 e. The molecule has 1 aliphatic rings. The van der Waals surface area contributed by atoms with Crippen LogP contribution in [0.15, 0.2) is 54.0 Å². The second kappa shape index (κ2) is 8.91. The molecule has 0 saturated carbocycles. The fourth-order valence-electron chi connectivity index (χ4n) is 3.15. The highest BCUT2D eigenvalue weighted by atomic mass is 32.1. The Morgan fingerprint density at radius 3 is 2.80 bits per heavy atom. The number of hydrogen-bond acceptors (Lipinski definition) is 6. The van der Waals surface area contributed by atoms with E-state index in [2.05, 4.69) is 25.9 Å². The van der Waals surface area contributed by atoms with Crippen LogP contribution in [0, 0.1) is 0 Å². The minimum atomic E-state index is -0.243. The van der Waals surface area contributed by atoms with Crippen molar-refractivity contribution in [2.24, 2.45) is 0 Å². The number of nitrogens with zero attached hydrogens (tertiary/aromatic N) is 3. The van der Waals surface area contributed by atoms with Gasteiger partial charge in [0.1, 0.15) is 11.5 Å². The zero-order chi connectivity index (χ0) is 20.9. The molecule has 1 unspecified atom stereocenters. The number of rotatable bonds is 6. The van der Waals surface area contributed by atoms with E-state index in [4.69, 9.17) is 0 Å². The summed E-state index contributed by atoms with van der Waals surface area (Å²) in [5.41, 5.74) is 2.15. The number of carbonyl (C=O) groups is 2. The van der Waals surface area contributed by atoms with Gasteiger partial charge in [0.15, 0.2) is 5.13 Å². The molecule has 1 fully saturated rings. The van der Waals surface area contributed by atoms with Crippen molar-refractivity contribution < 1.29 is 9.59 Å². The van der Waals surface area contributed by atoms with Gasteiger partial charge in [0.25, 0.3) is 5.91 Å². The van der Waals surface area contributed by atoms with Crippen LogP contribution in [0.1, 0.15) is 35.4 Å². The number of pyridine rings is 1. The second-order valence-corrected chi connectivity index (χ2v) is 7.76. The average Bonchev–Trinajstić information content (AvgIpc) is 3.23. The summed E-state index contributed by atoms with van der Waals surface area (Å²) in [7, 11) is 0. The van der Waals surface area contributed by atoms with Gasteiger partial charge in [-0.25, -0.2) is 14.8 Å². The number of aromatic nitrogens is 2. The standard InChI is InChI=1S/C21H22N6O2S/c1-14(15-6-8-16(9-7-15)27-12-4-11-23-21(27)29)24-19(28)17-13-30-20(25-17)26-18-5-2-3-10-22-18/h2-3,5-10,13-14H,4,11-12H2,1H3,(H,23,29)(H,24,28)(H,22,25,26). The highest BCUT2D eigenvalue weighted by molar-refractivity contribution is 7.14. The first-order valence-electron chi connectivity index (χ1n) is 9.70. The van der Waals surface area contributed by atoms with Crippen molar-refractivity contribution in [2.75, 3.05) is 23.3 Å². The molecular formula is C21H22N6O2S. The van der Waals surface area contributed by atoms with Crippen LogP contribution in [-0.2, 0) is 0 Å². The monoisotopic (exact) mass is 422 g/mol. The molecule has 1 saturated heterocycles. The van der Waals surface area contributed by atoms with Gasteiger partial charge in [-0.2, -0.15) is 0 Å². The van der Waals surface area contributed by atoms with E-state index in [-0.39, 0.29) is 18.0 Å². The summed E-state index contributed by atoms with van der Waals surface area (Å²) in [5.74, 6) is 0.432. The maximum atomic E-state index is 12.6. The Morgan fingerprint density at radius 2 is 2.07 bits per heavy atom. The highest BCUT2D eigenvalue weighted by Gasteiger charge is 2.20. The van der Waals surface area contributed by atoms with Crippen LogP contribution in [0.4, 0.5) is 21.4 Å². The molecule has 9 heteroatoms. The first-order chi connectivity index (χ1) is 14.6. The molecule has 4 rings (SSSR count). The summed E-state index contributed by atoms with van der Waals surface area (Å²) in [5, 5.41) is 11.2. The lowest BCUT2D eigenvalue weighted by Gasteiger charge is -2.27. The summed E-state index contributed by atoms with van der Waals surface area (Å²) in [6, 6.07) is 12.9.